The van der Waals surface area contributed by atoms with Gasteiger partial charge in [-0.3, -0.25) is 0 Å². The second kappa shape index (κ2) is 4.08. The van der Waals surface area contributed by atoms with E-state index < -0.39 is 23.9 Å². The third kappa shape index (κ3) is 2.01. The number of alkyl halides is 2. The van der Waals surface area contributed by atoms with E-state index in [4.69, 9.17) is 0 Å². The molecule has 1 heterocycles. The molecule has 14 heavy (non-hydrogen) atoms. The zero-order valence-corrected chi connectivity index (χ0v) is 7.13. The molecule has 0 atom stereocenters. The number of hydrogen-bond donors (Lipinski definition) is 0. The van der Waals surface area contributed by atoms with Crippen molar-refractivity contribution in [2.24, 2.45) is 0 Å². The predicted molar refractivity (Wildman–Crippen MR) is 40.5 cm³/mol. The van der Waals surface area contributed by atoms with Crippen LogP contribution in [0.15, 0.2) is 12.1 Å². The minimum Gasteiger partial charge on any atom is -0.464 e. The quantitative estimate of drug-likeness (QED) is 0.692. The molecule has 0 fully saturated rings. The van der Waals surface area contributed by atoms with Gasteiger partial charge in [0.1, 0.15) is 11.4 Å². The van der Waals surface area contributed by atoms with E-state index in [2.05, 4.69) is 9.72 Å². The van der Waals surface area contributed by atoms with Crippen LogP contribution < -0.4 is 0 Å². The minimum atomic E-state index is -3.06. The number of esters is 1. The molecule has 0 bridgehead atoms. The van der Waals surface area contributed by atoms with Gasteiger partial charge >= 0.3 is 5.97 Å². The van der Waals surface area contributed by atoms with Gasteiger partial charge in [0, 0.05) is 0 Å². The Morgan fingerprint density at radius 2 is 2.14 bits per heavy atom. The molecule has 1 aromatic heterocycles. The van der Waals surface area contributed by atoms with Crippen LogP contribution in [0.5, 0.6) is 0 Å². The summed E-state index contributed by atoms with van der Waals surface area (Å²) in [7, 11) is 1.08. The highest BCUT2D eigenvalue weighted by molar-refractivity contribution is 5.87. The molecule has 0 saturated carbocycles. The summed E-state index contributed by atoms with van der Waals surface area (Å²) in [5.74, 6) is -2.03. The first-order chi connectivity index (χ1) is 6.56. The van der Waals surface area contributed by atoms with Crippen LogP contribution in [0.4, 0.5) is 13.2 Å². The molecule has 0 N–H and O–H groups in total. The maximum atomic E-state index is 12.7. The number of hydrogen-bond acceptors (Lipinski definition) is 3. The van der Waals surface area contributed by atoms with Crippen molar-refractivity contribution in [1.82, 2.24) is 4.98 Å². The molecule has 1 rings (SSSR count). The monoisotopic (exact) mass is 205 g/mol. The average molecular weight is 205 g/mol. The van der Waals surface area contributed by atoms with Gasteiger partial charge in [-0.15, -0.1) is 0 Å². The molecule has 0 aliphatic carbocycles. The summed E-state index contributed by atoms with van der Waals surface area (Å²) < 4.78 is 41.2. The van der Waals surface area contributed by atoms with Gasteiger partial charge in [-0.1, -0.05) is 0 Å². The predicted octanol–water partition coefficient (Wildman–Crippen LogP) is 1.94. The van der Waals surface area contributed by atoms with E-state index in [-0.39, 0.29) is 5.69 Å². The highest BCUT2D eigenvalue weighted by atomic mass is 19.3. The maximum absolute atomic E-state index is 12.7. The van der Waals surface area contributed by atoms with Crippen molar-refractivity contribution in [2.45, 2.75) is 6.43 Å². The molecular formula is C8H6F3NO2. The van der Waals surface area contributed by atoms with Crippen LogP contribution in [0.3, 0.4) is 0 Å². The number of carbonyl (C=O) groups excluding carboxylic acids is 1. The highest BCUT2D eigenvalue weighted by Crippen LogP contribution is 2.19. The number of halogens is 3. The Morgan fingerprint density at radius 1 is 1.50 bits per heavy atom. The molecule has 3 nitrogen and oxygen atoms in total. The summed E-state index contributed by atoms with van der Waals surface area (Å²) in [6.07, 6.45) is -3.06. The fourth-order valence-electron chi connectivity index (χ4n) is 0.829. The summed E-state index contributed by atoms with van der Waals surface area (Å²) in [5.41, 5.74) is -1.39. The normalized spacial score (nSPS) is 10.4. The van der Waals surface area contributed by atoms with E-state index >= 15 is 0 Å². The Hall–Kier alpha value is -1.59. The molecule has 0 spiro atoms. The van der Waals surface area contributed by atoms with Crippen LogP contribution in [-0.2, 0) is 4.74 Å². The second-order valence-corrected chi connectivity index (χ2v) is 2.36. The largest absolute Gasteiger partial charge is 0.464 e. The molecule has 1 aromatic rings. The molecule has 0 amide bonds. The van der Waals surface area contributed by atoms with E-state index in [0.29, 0.717) is 0 Å². The number of aromatic nitrogens is 1. The van der Waals surface area contributed by atoms with E-state index in [1.54, 1.807) is 0 Å². The van der Waals surface area contributed by atoms with Crippen molar-refractivity contribution in [3.05, 3.63) is 29.3 Å². The lowest BCUT2D eigenvalue weighted by Gasteiger charge is -2.03. The number of pyridine rings is 1. The summed E-state index contributed by atoms with van der Waals surface area (Å²) in [6.45, 7) is 0. The second-order valence-electron chi connectivity index (χ2n) is 2.36. The first-order valence-electron chi connectivity index (χ1n) is 3.59. The molecule has 0 unspecified atom stereocenters. The molecule has 76 valence electrons. The van der Waals surface area contributed by atoms with Crippen LogP contribution in [0.25, 0.3) is 0 Å². The van der Waals surface area contributed by atoms with E-state index in [1.165, 1.54) is 0 Å². The van der Waals surface area contributed by atoms with Gasteiger partial charge in [-0.25, -0.2) is 22.9 Å². The smallest absolute Gasteiger partial charge is 0.356 e. The van der Waals surface area contributed by atoms with Gasteiger partial charge in [0.05, 0.1) is 7.11 Å². The van der Waals surface area contributed by atoms with Crippen molar-refractivity contribution in [3.63, 3.8) is 0 Å². The van der Waals surface area contributed by atoms with Gasteiger partial charge in [0.25, 0.3) is 6.43 Å². The number of ether oxygens (including phenoxy) is 1. The van der Waals surface area contributed by atoms with Crippen LogP contribution in [0.1, 0.15) is 22.6 Å². The van der Waals surface area contributed by atoms with Gasteiger partial charge in [0.2, 0.25) is 0 Å². The number of carbonyl (C=O) groups is 1. The maximum Gasteiger partial charge on any atom is 0.356 e. The molecule has 0 aromatic carbocycles. The summed E-state index contributed by atoms with van der Waals surface area (Å²) in [4.78, 5) is 14.0. The zero-order chi connectivity index (χ0) is 10.7. The molecule has 6 heteroatoms. The summed E-state index contributed by atoms with van der Waals surface area (Å²) in [6, 6.07) is 1.73. The van der Waals surface area contributed by atoms with Crippen molar-refractivity contribution in [3.8, 4) is 0 Å². The van der Waals surface area contributed by atoms with Gasteiger partial charge in [-0.2, -0.15) is 0 Å². The fraction of sp³-hybridized carbons (Fsp3) is 0.250. The van der Waals surface area contributed by atoms with E-state index in [1.807, 2.05) is 0 Å². The zero-order valence-electron chi connectivity index (χ0n) is 7.13. The number of rotatable bonds is 2. The van der Waals surface area contributed by atoms with Crippen LogP contribution in [-0.4, -0.2) is 18.1 Å². The van der Waals surface area contributed by atoms with E-state index in [0.717, 1.165) is 19.2 Å². The Balaban J connectivity index is 3.13. The Bertz CT molecular complexity index is 354. The lowest BCUT2D eigenvalue weighted by Crippen LogP contribution is -2.07. The van der Waals surface area contributed by atoms with Crippen molar-refractivity contribution >= 4 is 5.97 Å². The van der Waals surface area contributed by atoms with Crippen LogP contribution in [0.2, 0.25) is 0 Å². The summed E-state index contributed by atoms with van der Waals surface area (Å²) in [5, 5.41) is 0. The third-order valence-electron chi connectivity index (χ3n) is 1.47. The van der Waals surface area contributed by atoms with Crippen molar-refractivity contribution in [1.29, 1.82) is 0 Å². The first kappa shape index (κ1) is 10.5. The number of methoxy groups -OCH3 is 1. The lowest BCUT2D eigenvalue weighted by atomic mass is 10.3. The fourth-order valence-corrected chi connectivity index (χ4v) is 0.829. The number of nitrogens with zero attached hydrogens (tertiary/aromatic N) is 1. The van der Waals surface area contributed by atoms with Gasteiger partial charge < -0.3 is 4.74 Å². The van der Waals surface area contributed by atoms with Gasteiger partial charge in [0.15, 0.2) is 5.82 Å². The first-order valence-corrected chi connectivity index (χ1v) is 3.59. The van der Waals surface area contributed by atoms with Gasteiger partial charge in [-0.05, 0) is 12.1 Å². The topological polar surface area (TPSA) is 39.2 Å². The lowest BCUT2D eigenvalue weighted by molar-refractivity contribution is 0.0592. The molecule has 0 aliphatic heterocycles. The summed E-state index contributed by atoms with van der Waals surface area (Å²) >= 11 is 0. The minimum absolute atomic E-state index is 0.343. The molecule has 0 saturated heterocycles. The highest BCUT2D eigenvalue weighted by Gasteiger charge is 2.18. The Labute approximate surface area is 77.5 Å². The van der Waals surface area contributed by atoms with Crippen LogP contribution >= 0.6 is 0 Å². The van der Waals surface area contributed by atoms with E-state index in [9.17, 15) is 18.0 Å². The molecule has 0 radical (unpaired) electrons. The Kier molecular flexibility index (Phi) is 3.06. The van der Waals surface area contributed by atoms with Crippen molar-refractivity contribution < 1.29 is 22.7 Å². The standard InChI is InChI=1S/C8H6F3NO2/c1-14-8(13)5-3-2-4(9)6(12-5)7(10)11/h2-3,7H,1H3. The average Bonchev–Trinajstić information content (AvgIpc) is 2.17. The molecule has 0 aliphatic rings. The third-order valence-corrected chi connectivity index (χ3v) is 1.47. The SMILES string of the molecule is COC(=O)c1ccc(F)c(C(F)F)n1. The van der Waals surface area contributed by atoms with Crippen LogP contribution in [0, 0.1) is 5.82 Å². The van der Waals surface area contributed by atoms with Crippen molar-refractivity contribution in [2.75, 3.05) is 7.11 Å². The molecular weight excluding hydrogens is 199 g/mol. The Morgan fingerprint density at radius 3 is 2.64 bits per heavy atom.